The zero-order valence-corrected chi connectivity index (χ0v) is 37.1. The minimum atomic E-state index is -0.366. The molecule has 0 aliphatic heterocycles. The van der Waals surface area contributed by atoms with Crippen molar-refractivity contribution in [2.45, 2.75) is 5.41 Å². The second-order valence-electron chi connectivity index (χ2n) is 18.7. The van der Waals surface area contributed by atoms with E-state index in [0.717, 1.165) is 5.69 Å². The van der Waals surface area contributed by atoms with E-state index in [2.05, 4.69) is 253 Å². The van der Waals surface area contributed by atoms with Gasteiger partial charge in [-0.25, -0.2) is 0 Å². The highest BCUT2D eigenvalue weighted by Gasteiger charge is 2.51. The zero-order chi connectivity index (χ0) is 44.5. The molecule has 0 atom stereocenters. The number of hydrogen-bond acceptors (Lipinski definition) is 0. The van der Waals surface area contributed by atoms with Crippen molar-refractivity contribution in [3.63, 3.8) is 0 Å². The Morgan fingerprint density at radius 2 is 0.662 bits per heavy atom. The molecule has 314 valence electrons. The number of rotatable bonds is 4. The first-order valence-electron chi connectivity index (χ1n) is 23.7. The average molecular weight is 860 g/mol. The van der Waals surface area contributed by atoms with Gasteiger partial charge in [-0.2, -0.15) is 0 Å². The molecule has 13 aromatic rings. The Morgan fingerprint density at radius 3 is 1.32 bits per heavy atom. The molecule has 0 bridgehead atoms. The number of hydrogen-bond donors (Lipinski definition) is 0. The smallest absolute Gasteiger partial charge is 0.0725 e. The summed E-state index contributed by atoms with van der Waals surface area (Å²) in [4.78, 5) is 0. The summed E-state index contributed by atoms with van der Waals surface area (Å²) in [5, 5.41) is 10.3. The van der Waals surface area contributed by atoms with Crippen LogP contribution in [0.1, 0.15) is 22.3 Å². The summed E-state index contributed by atoms with van der Waals surface area (Å²) in [6.45, 7) is 0. The molecule has 2 aliphatic rings. The van der Waals surface area contributed by atoms with E-state index in [1.807, 2.05) is 0 Å². The normalized spacial score (nSPS) is 13.1. The Hall–Kier alpha value is -8.78. The highest BCUT2D eigenvalue weighted by molar-refractivity contribution is 6.25. The van der Waals surface area contributed by atoms with Crippen molar-refractivity contribution in [1.29, 1.82) is 0 Å². The van der Waals surface area contributed by atoms with E-state index in [-0.39, 0.29) is 5.41 Å². The van der Waals surface area contributed by atoms with Gasteiger partial charge < -0.3 is 4.57 Å². The van der Waals surface area contributed by atoms with Crippen LogP contribution in [0.4, 0.5) is 0 Å². The molecule has 1 heteroatoms. The molecule has 0 saturated carbocycles. The van der Waals surface area contributed by atoms with Crippen molar-refractivity contribution in [2.24, 2.45) is 0 Å². The second-order valence-corrected chi connectivity index (χ2v) is 18.7. The van der Waals surface area contributed by atoms with Gasteiger partial charge in [-0.1, -0.05) is 212 Å². The van der Waals surface area contributed by atoms with Crippen LogP contribution in [0.15, 0.2) is 249 Å². The molecule has 0 unspecified atom stereocenters. The fourth-order valence-corrected chi connectivity index (χ4v) is 12.6. The van der Waals surface area contributed by atoms with E-state index >= 15 is 0 Å². The summed E-state index contributed by atoms with van der Waals surface area (Å²) in [5.41, 5.74) is 21.2. The lowest BCUT2D eigenvalue weighted by Crippen LogP contribution is -2.25. The fraction of sp³-hybridized carbons (Fsp3) is 0.0149. The third kappa shape index (κ3) is 5.05. The molecule has 0 N–H and O–H groups in total. The van der Waals surface area contributed by atoms with Gasteiger partial charge in [0.2, 0.25) is 0 Å². The minimum Gasteiger partial charge on any atom is -0.309 e. The monoisotopic (exact) mass is 859 g/mol. The molecule has 1 nitrogen and oxygen atoms in total. The number of fused-ring (bicyclic) bond motifs is 19. The molecule has 1 heterocycles. The van der Waals surface area contributed by atoms with Crippen molar-refractivity contribution < 1.29 is 0 Å². The number of para-hydroxylation sites is 1. The summed E-state index contributed by atoms with van der Waals surface area (Å²) < 4.78 is 2.45. The maximum absolute atomic E-state index is 2.45. The topological polar surface area (TPSA) is 4.93 Å². The van der Waals surface area contributed by atoms with Crippen molar-refractivity contribution in [2.75, 3.05) is 0 Å². The first-order chi connectivity index (χ1) is 33.7. The summed E-state index contributed by atoms with van der Waals surface area (Å²) >= 11 is 0. The van der Waals surface area contributed by atoms with Crippen molar-refractivity contribution >= 4 is 54.1 Å². The first kappa shape index (κ1) is 37.4. The predicted octanol–water partition coefficient (Wildman–Crippen LogP) is 17.6. The summed E-state index contributed by atoms with van der Waals surface area (Å²) in [7, 11) is 0. The Bertz CT molecular complexity index is 4180. The van der Waals surface area contributed by atoms with E-state index < -0.39 is 0 Å². The highest BCUT2D eigenvalue weighted by atomic mass is 15.0. The minimum absolute atomic E-state index is 0.366. The van der Waals surface area contributed by atoms with Gasteiger partial charge in [0, 0.05) is 16.5 Å². The molecule has 12 aromatic carbocycles. The van der Waals surface area contributed by atoms with Crippen LogP contribution in [0.2, 0.25) is 0 Å². The molecule has 0 amide bonds. The van der Waals surface area contributed by atoms with Crippen molar-refractivity contribution in [1.82, 2.24) is 4.57 Å². The molecule has 2 aliphatic carbocycles. The lowest BCUT2D eigenvalue weighted by molar-refractivity contribution is 0.794. The maximum atomic E-state index is 2.45. The van der Waals surface area contributed by atoms with Crippen molar-refractivity contribution in [3.8, 4) is 61.3 Å². The Kier molecular flexibility index (Phi) is 7.77. The van der Waals surface area contributed by atoms with Gasteiger partial charge in [0.05, 0.1) is 16.4 Å². The standard InChI is InChI=1S/C67H41N/c1-2-19-51-49(17-1)50-18-3-4-20-52(50)59-40-45(33-37-53(51)59)43-15-13-16-44(39-43)46-34-38-57-56-23-8-12-30-64(56)68(65(57)41-46)47-35-31-42(32-36-47)48-25-14-29-63-66(48)58-24-7-11-28-62(58)67(63)60-26-9-5-21-54(60)55-22-6-10-27-61(55)67/h1-41H. The lowest BCUT2D eigenvalue weighted by atomic mass is 9.70. The van der Waals surface area contributed by atoms with Crippen LogP contribution >= 0.6 is 0 Å². The van der Waals surface area contributed by atoms with Crippen LogP contribution in [0.3, 0.4) is 0 Å². The SMILES string of the molecule is c1cc(-c2ccc3c4ccccc4c4ccccc4c3c2)cc(-c2ccc3c4ccccc4n(-c4ccc(-c5cccc6c5-c5ccccc5C65c6ccccc6-c6ccccc65)cc4)c3c2)c1. The van der Waals surface area contributed by atoms with Gasteiger partial charge in [-0.15, -0.1) is 0 Å². The van der Waals surface area contributed by atoms with Crippen LogP contribution in [-0.2, 0) is 5.41 Å². The van der Waals surface area contributed by atoms with Crippen LogP contribution in [-0.4, -0.2) is 4.57 Å². The largest absolute Gasteiger partial charge is 0.309 e. The first-order valence-corrected chi connectivity index (χ1v) is 23.7. The van der Waals surface area contributed by atoms with E-state index in [1.165, 1.54) is 132 Å². The molecular formula is C67H41N. The average Bonchev–Trinajstić information content (AvgIpc) is 4.03. The molecule has 0 saturated heterocycles. The van der Waals surface area contributed by atoms with E-state index in [9.17, 15) is 0 Å². The fourth-order valence-electron chi connectivity index (χ4n) is 12.6. The van der Waals surface area contributed by atoms with Crippen LogP contribution in [0.25, 0.3) is 115 Å². The molecule has 15 rings (SSSR count). The summed E-state index contributed by atoms with van der Waals surface area (Å²) in [5.74, 6) is 0. The van der Waals surface area contributed by atoms with E-state index in [1.54, 1.807) is 0 Å². The van der Waals surface area contributed by atoms with Gasteiger partial charge >= 0.3 is 0 Å². The second kappa shape index (κ2) is 14.1. The zero-order valence-electron chi connectivity index (χ0n) is 37.1. The van der Waals surface area contributed by atoms with Gasteiger partial charge in [0.1, 0.15) is 0 Å². The van der Waals surface area contributed by atoms with Gasteiger partial charge in [-0.05, 0) is 147 Å². The molecular weight excluding hydrogens is 819 g/mol. The Balaban J connectivity index is 0.846. The van der Waals surface area contributed by atoms with Gasteiger partial charge in [-0.3, -0.25) is 0 Å². The lowest BCUT2D eigenvalue weighted by Gasteiger charge is -2.30. The predicted molar refractivity (Wildman–Crippen MR) is 286 cm³/mol. The third-order valence-electron chi connectivity index (χ3n) is 15.4. The number of benzene rings is 12. The Labute approximate surface area is 394 Å². The molecule has 0 radical (unpaired) electrons. The Morgan fingerprint density at radius 1 is 0.235 bits per heavy atom. The summed E-state index contributed by atoms with van der Waals surface area (Å²) in [6.07, 6.45) is 0. The molecule has 68 heavy (non-hydrogen) atoms. The van der Waals surface area contributed by atoms with Gasteiger partial charge in [0.25, 0.3) is 0 Å². The third-order valence-corrected chi connectivity index (χ3v) is 15.4. The summed E-state index contributed by atoms with van der Waals surface area (Å²) in [6, 6.07) is 93.0. The maximum Gasteiger partial charge on any atom is 0.0725 e. The number of aromatic nitrogens is 1. The van der Waals surface area contributed by atoms with E-state index in [4.69, 9.17) is 0 Å². The highest BCUT2D eigenvalue weighted by Crippen LogP contribution is 2.64. The number of nitrogens with zero attached hydrogens (tertiary/aromatic N) is 1. The van der Waals surface area contributed by atoms with Gasteiger partial charge in [0.15, 0.2) is 0 Å². The quantitative estimate of drug-likeness (QED) is 0.155. The van der Waals surface area contributed by atoms with Crippen LogP contribution < -0.4 is 0 Å². The van der Waals surface area contributed by atoms with Crippen molar-refractivity contribution in [3.05, 3.63) is 271 Å². The van der Waals surface area contributed by atoms with Crippen LogP contribution in [0.5, 0.6) is 0 Å². The molecule has 1 spiro atoms. The van der Waals surface area contributed by atoms with E-state index in [0.29, 0.717) is 0 Å². The molecule has 0 fully saturated rings. The molecule has 1 aromatic heterocycles. The van der Waals surface area contributed by atoms with Crippen LogP contribution in [0, 0.1) is 0 Å².